The van der Waals surface area contributed by atoms with E-state index >= 15 is 0 Å². The second kappa shape index (κ2) is 5.75. The van der Waals surface area contributed by atoms with E-state index in [-0.39, 0.29) is 12.5 Å². The Balaban J connectivity index is 2.05. The van der Waals surface area contributed by atoms with Crippen molar-refractivity contribution in [1.82, 2.24) is 5.32 Å². The van der Waals surface area contributed by atoms with Crippen LogP contribution < -0.4 is 11.1 Å². The summed E-state index contributed by atoms with van der Waals surface area (Å²) in [4.78, 5) is 0. The molecule has 0 aromatic carbocycles. The van der Waals surface area contributed by atoms with Crippen molar-refractivity contribution in [3.63, 3.8) is 0 Å². The minimum atomic E-state index is -2.58. The first kappa shape index (κ1) is 12.8. The van der Waals surface area contributed by atoms with Crippen molar-refractivity contribution in [2.45, 2.75) is 63.5 Å². The van der Waals surface area contributed by atoms with E-state index in [0.29, 0.717) is 19.0 Å². The van der Waals surface area contributed by atoms with Gasteiger partial charge in [0.15, 0.2) is 0 Å². The number of halogens is 2. The van der Waals surface area contributed by atoms with E-state index in [1.54, 1.807) is 0 Å². The summed E-state index contributed by atoms with van der Waals surface area (Å²) in [7, 11) is 0. The Morgan fingerprint density at radius 2 is 2.00 bits per heavy atom. The Morgan fingerprint density at radius 1 is 1.40 bits per heavy atom. The molecule has 0 radical (unpaired) electrons. The third kappa shape index (κ3) is 6.05. The van der Waals surface area contributed by atoms with E-state index in [9.17, 15) is 8.78 Å². The van der Waals surface area contributed by atoms with Gasteiger partial charge in [-0.2, -0.15) is 0 Å². The average Bonchev–Trinajstić information content (AvgIpc) is 2.62. The van der Waals surface area contributed by atoms with Crippen LogP contribution in [-0.4, -0.2) is 24.6 Å². The van der Waals surface area contributed by atoms with Crippen molar-refractivity contribution in [1.29, 1.82) is 0 Å². The van der Waals surface area contributed by atoms with Crippen LogP contribution in [0.15, 0.2) is 0 Å². The van der Waals surface area contributed by atoms with E-state index < -0.39 is 5.92 Å². The average molecular weight is 220 g/mol. The normalized spacial score (nSPS) is 20.8. The highest BCUT2D eigenvalue weighted by Crippen LogP contribution is 2.20. The van der Waals surface area contributed by atoms with Crippen LogP contribution in [0.5, 0.6) is 0 Å². The molecule has 0 aromatic heterocycles. The summed E-state index contributed by atoms with van der Waals surface area (Å²) in [6.45, 7) is 1.62. The highest BCUT2D eigenvalue weighted by molar-refractivity contribution is 4.77. The number of hydrogen-bond donors (Lipinski definition) is 2. The zero-order chi connectivity index (χ0) is 11.3. The zero-order valence-corrected chi connectivity index (χ0v) is 9.44. The van der Waals surface area contributed by atoms with Crippen LogP contribution in [0.3, 0.4) is 0 Å². The summed E-state index contributed by atoms with van der Waals surface area (Å²) in [5.74, 6) is -2.58. The molecule has 1 saturated carbocycles. The Hall–Kier alpha value is -0.220. The minimum absolute atomic E-state index is 0.111. The molecule has 4 heteroatoms. The third-order valence-electron chi connectivity index (χ3n) is 2.98. The molecule has 0 spiro atoms. The zero-order valence-electron chi connectivity index (χ0n) is 9.44. The predicted octanol–water partition coefficient (Wildman–Crippen LogP) is 2.28. The molecule has 1 atom stereocenters. The number of alkyl halides is 2. The van der Waals surface area contributed by atoms with Gasteiger partial charge in [-0.3, -0.25) is 0 Å². The first-order valence-corrected chi connectivity index (χ1v) is 5.84. The summed E-state index contributed by atoms with van der Waals surface area (Å²) in [5.41, 5.74) is 5.76. The Morgan fingerprint density at radius 3 is 2.53 bits per heavy atom. The van der Waals surface area contributed by atoms with Crippen LogP contribution in [0.4, 0.5) is 8.78 Å². The Labute approximate surface area is 90.6 Å². The molecule has 0 amide bonds. The molecule has 1 fully saturated rings. The highest BCUT2D eigenvalue weighted by atomic mass is 19.3. The second-order valence-corrected chi connectivity index (χ2v) is 4.76. The van der Waals surface area contributed by atoms with Crippen molar-refractivity contribution in [2.75, 3.05) is 6.54 Å². The van der Waals surface area contributed by atoms with Crippen LogP contribution in [0, 0.1) is 0 Å². The standard InChI is InChI=1S/C11H22F2N2/c1-11(12,13)7-6-9(14)8-15-10-4-2-3-5-10/h9-10,15H,2-8,14H2,1H3/t9-/m1/s1. The molecule has 15 heavy (non-hydrogen) atoms. The van der Waals surface area contributed by atoms with E-state index in [4.69, 9.17) is 5.73 Å². The van der Waals surface area contributed by atoms with Crippen molar-refractivity contribution >= 4 is 0 Å². The van der Waals surface area contributed by atoms with Crippen LogP contribution in [0.25, 0.3) is 0 Å². The van der Waals surface area contributed by atoms with Crippen LogP contribution >= 0.6 is 0 Å². The van der Waals surface area contributed by atoms with Crippen LogP contribution in [-0.2, 0) is 0 Å². The molecular weight excluding hydrogens is 198 g/mol. The topological polar surface area (TPSA) is 38.0 Å². The maximum absolute atomic E-state index is 12.5. The fourth-order valence-electron chi connectivity index (χ4n) is 1.99. The van der Waals surface area contributed by atoms with Gasteiger partial charge >= 0.3 is 0 Å². The van der Waals surface area contributed by atoms with Crippen LogP contribution in [0.2, 0.25) is 0 Å². The van der Waals surface area contributed by atoms with Gasteiger partial charge in [0.1, 0.15) is 0 Å². The fourth-order valence-corrected chi connectivity index (χ4v) is 1.99. The van der Waals surface area contributed by atoms with Crippen molar-refractivity contribution in [3.05, 3.63) is 0 Å². The summed E-state index contributed by atoms with van der Waals surface area (Å²) in [6, 6.07) is 0.426. The maximum atomic E-state index is 12.5. The fraction of sp³-hybridized carbons (Fsp3) is 1.00. The van der Waals surface area contributed by atoms with Gasteiger partial charge in [-0.05, 0) is 26.2 Å². The van der Waals surface area contributed by atoms with Crippen molar-refractivity contribution in [2.24, 2.45) is 5.73 Å². The lowest BCUT2D eigenvalue weighted by atomic mass is 10.1. The largest absolute Gasteiger partial charge is 0.327 e. The first-order chi connectivity index (χ1) is 6.97. The molecule has 0 bridgehead atoms. The molecular formula is C11H22F2N2. The second-order valence-electron chi connectivity index (χ2n) is 4.76. The van der Waals surface area contributed by atoms with E-state index in [2.05, 4.69) is 5.32 Å². The molecule has 0 aromatic rings. The SMILES string of the molecule is CC(F)(F)CC[C@@H](N)CNC1CCCC1. The highest BCUT2D eigenvalue weighted by Gasteiger charge is 2.22. The quantitative estimate of drug-likeness (QED) is 0.720. The van der Waals surface area contributed by atoms with Gasteiger partial charge in [0.2, 0.25) is 5.92 Å². The minimum Gasteiger partial charge on any atom is -0.327 e. The van der Waals surface area contributed by atoms with Gasteiger partial charge in [-0.25, -0.2) is 8.78 Å². The van der Waals surface area contributed by atoms with E-state index in [1.165, 1.54) is 25.7 Å². The lowest BCUT2D eigenvalue weighted by Crippen LogP contribution is -2.39. The lowest BCUT2D eigenvalue weighted by Gasteiger charge is -2.18. The number of hydrogen-bond acceptors (Lipinski definition) is 2. The number of nitrogens with one attached hydrogen (secondary N) is 1. The van der Waals surface area contributed by atoms with Gasteiger partial charge in [0.25, 0.3) is 0 Å². The van der Waals surface area contributed by atoms with E-state index in [1.807, 2.05) is 0 Å². The van der Waals surface area contributed by atoms with E-state index in [0.717, 1.165) is 6.92 Å². The molecule has 1 aliphatic rings. The monoisotopic (exact) mass is 220 g/mol. The van der Waals surface area contributed by atoms with Gasteiger partial charge in [0, 0.05) is 25.0 Å². The Kier molecular flexibility index (Phi) is 4.93. The predicted molar refractivity (Wildman–Crippen MR) is 58.1 cm³/mol. The van der Waals surface area contributed by atoms with Gasteiger partial charge in [-0.15, -0.1) is 0 Å². The van der Waals surface area contributed by atoms with Gasteiger partial charge in [-0.1, -0.05) is 12.8 Å². The molecule has 0 heterocycles. The molecule has 90 valence electrons. The summed E-state index contributed by atoms with van der Waals surface area (Å²) >= 11 is 0. The summed E-state index contributed by atoms with van der Waals surface area (Å²) in [5, 5.41) is 3.35. The Bertz CT molecular complexity index is 174. The lowest BCUT2D eigenvalue weighted by molar-refractivity contribution is 0.00924. The van der Waals surface area contributed by atoms with Crippen molar-refractivity contribution < 1.29 is 8.78 Å². The van der Waals surface area contributed by atoms with Crippen LogP contribution in [0.1, 0.15) is 45.4 Å². The van der Waals surface area contributed by atoms with Gasteiger partial charge < -0.3 is 11.1 Å². The van der Waals surface area contributed by atoms with Crippen molar-refractivity contribution in [3.8, 4) is 0 Å². The molecule has 0 aliphatic heterocycles. The molecule has 0 unspecified atom stereocenters. The third-order valence-corrected chi connectivity index (χ3v) is 2.98. The molecule has 2 nitrogen and oxygen atoms in total. The number of nitrogens with two attached hydrogens (primary N) is 1. The number of rotatable bonds is 6. The molecule has 0 saturated heterocycles. The molecule has 3 N–H and O–H groups in total. The first-order valence-electron chi connectivity index (χ1n) is 5.84. The van der Waals surface area contributed by atoms with Gasteiger partial charge in [0.05, 0.1) is 0 Å². The maximum Gasteiger partial charge on any atom is 0.245 e. The summed E-state index contributed by atoms with van der Waals surface area (Å²) < 4.78 is 25.1. The molecule has 1 aliphatic carbocycles. The molecule has 1 rings (SSSR count). The summed E-state index contributed by atoms with van der Waals surface area (Å²) in [6.07, 6.45) is 5.25. The smallest absolute Gasteiger partial charge is 0.245 e.